The summed E-state index contributed by atoms with van der Waals surface area (Å²) in [7, 11) is 9.53. The lowest BCUT2D eigenvalue weighted by atomic mass is 9.91. The number of hydrogen-bond donors (Lipinski definition) is 1. The van der Waals surface area contributed by atoms with Crippen molar-refractivity contribution in [3.05, 3.63) is 101 Å². The second kappa shape index (κ2) is 12.4. The molecule has 0 fully saturated rings. The number of fused-ring (bicyclic) bond motifs is 3. The van der Waals surface area contributed by atoms with Crippen molar-refractivity contribution in [2.75, 3.05) is 34.3 Å². The number of nitrogens with zero attached hydrogens (tertiary/aromatic N) is 7. The molecule has 0 radical (unpaired) electrons. The fraction of sp³-hybridized carbons (Fsp3) is 0.324. The summed E-state index contributed by atoms with van der Waals surface area (Å²) in [4.78, 5) is 24.5. The smallest absolute Gasteiger partial charge is 0.251 e. The van der Waals surface area contributed by atoms with Gasteiger partial charge in [0.25, 0.3) is 5.91 Å². The van der Waals surface area contributed by atoms with Crippen LogP contribution in [0.2, 0.25) is 0 Å². The second-order valence-electron chi connectivity index (χ2n) is 11.6. The molecular weight excluding hydrogens is 552 g/mol. The summed E-state index contributed by atoms with van der Waals surface area (Å²) in [6, 6.07) is 14.1. The third kappa shape index (κ3) is 6.12. The van der Waals surface area contributed by atoms with E-state index in [2.05, 4.69) is 34.7 Å². The molecule has 10 heteroatoms. The number of carbonyl (C=O) groups excluding carboxylic acids is 1. The van der Waals surface area contributed by atoms with Crippen LogP contribution in [0.5, 0.6) is 5.75 Å². The number of rotatable bonds is 10. The molecule has 0 unspecified atom stereocenters. The number of ether oxygens (including phenoxy) is 1. The molecule has 0 saturated heterocycles. The maximum atomic E-state index is 12.7. The first kappa shape index (κ1) is 29.3. The van der Waals surface area contributed by atoms with Crippen LogP contribution < -0.4 is 10.1 Å². The van der Waals surface area contributed by atoms with Crippen molar-refractivity contribution in [1.29, 1.82) is 0 Å². The monoisotopic (exact) mass is 590 g/mol. The summed E-state index contributed by atoms with van der Waals surface area (Å²) < 4.78 is 9.51. The molecule has 10 nitrogen and oxygen atoms in total. The van der Waals surface area contributed by atoms with E-state index < -0.39 is 0 Å². The molecule has 2 aromatic carbocycles. The third-order valence-corrected chi connectivity index (χ3v) is 8.10. The first-order chi connectivity index (χ1) is 21.3. The van der Waals surface area contributed by atoms with Crippen LogP contribution in [0.4, 0.5) is 0 Å². The van der Waals surface area contributed by atoms with Gasteiger partial charge in [-0.05, 0) is 55.8 Å². The molecule has 1 aliphatic rings. The Hall–Kier alpha value is -4.83. The van der Waals surface area contributed by atoms with E-state index in [4.69, 9.17) is 19.8 Å². The predicted molar refractivity (Wildman–Crippen MR) is 170 cm³/mol. The van der Waals surface area contributed by atoms with Crippen LogP contribution in [0.3, 0.4) is 0 Å². The number of methoxy groups -OCH3 is 1. The number of likely N-dealkylation sites (N-methyl/N-ethyl adjacent to an activating group) is 1. The Balaban J connectivity index is 1.27. The summed E-state index contributed by atoms with van der Waals surface area (Å²) in [5.41, 5.74) is 10.3. The van der Waals surface area contributed by atoms with E-state index >= 15 is 0 Å². The van der Waals surface area contributed by atoms with Crippen molar-refractivity contribution >= 4 is 5.91 Å². The van der Waals surface area contributed by atoms with Crippen LogP contribution in [-0.4, -0.2) is 74.6 Å². The van der Waals surface area contributed by atoms with Crippen LogP contribution in [0.15, 0.2) is 61.1 Å². The van der Waals surface area contributed by atoms with Gasteiger partial charge in [0.15, 0.2) is 0 Å². The van der Waals surface area contributed by atoms with Crippen LogP contribution >= 0.6 is 0 Å². The Bertz CT molecular complexity index is 1820. The minimum Gasteiger partial charge on any atom is -0.496 e. The Morgan fingerprint density at radius 1 is 1.05 bits per heavy atom. The highest BCUT2D eigenvalue weighted by molar-refractivity contribution is 5.94. The molecule has 5 aromatic rings. The molecule has 1 aliphatic carbocycles. The van der Waals surface area contributed by atoms with E-state index in [0.29, 0.717) is 30.1 Å². The molecule has 1 amide bonds. The molecular formula is C34H38N8O2. The number of benzene rings is 2. The van der Waals surface area contributed by atoms with E-state index in [-0.39, 0.29) is 5.91 Å². The zero-order valence-corrected chi connectivity index (χ0v) is 26.0. The fourth-order valence-corrected chi connectivity index (χ4v) is 5.77. The normalized spacial score (nSPS) is 12.2. The lowest BCUT2D eigenvalue weighted by Crippen LogP contribution is -2.31. The van der Waals surface area contributed by atoms with Gasteiger partial charge in [0, 0.05) is 74.7 Å². The van der Waals surface area contributed by atoms with Crippen molar-refractivity contribution in [3.63, 3.8) is 0 Å². The number of nitrogens with one attached hydrogen (secondary N) is 1. The third-order valence-electron chi connectivity index (χ3n) is 8.10. The van der Waals surface area contributed by atoms with Gasteiger partial charge in [-0.2, -0.15) is 10.2 Å². The van der Waals surface area contributed by atoms with Gasteiger partial charge in [-0.1, -0.05) is 30.3 Å². The largest absolute Gasteiger partial charge is 0.496 e. The first-order valence-electron chi connectivity index (χ1n) is 14.9. The molecule has 3 heterocycles. The second-order valence-corrected chi connectivity index (χ2v) is 11.6. The van der Waals surface area contributed by atoms with Gasteiger partial charge in [0.2, 0.25) is 0 Å². The van der Waals surface area contributed by atoms with Gasteiger partial charge < -0.3 is 15.0 Å². The zero-order chi connectivity index (χ0) is 30.8. The lowest BCUT2D eigenvalue weighted by Gasteiger charge is -2.17. The molecule has 0 atom stereocenters. The molecule has 0 aliphatic heterocycles. The molecule has 44 heavy (non-hydrogen) atoms. The molecule has 3 aromatic heterocycles. The van der Waals surface area contributed by atoms with Crippen LogP contribution in [-0.2, 0) is 39.8 Å². The van der Waals surface area contributed by atoms with Gasteiger partial charge in [-0.25, -0.2) is 9.97 Å². The molecule has 0 saturated carbocycles. The quantitative estimate of drug-likeness (QED) is 0.264. The standard InChI is InChI=1S/C34H38N8O2/c1-40(2)14-13-35-34(43)25-10-9-24(30(17-25)44-5)18-31-36-19-26-11-12-28-32(33(26)38-31)29(42(4)39-28)16-22-7-6-8-23(15-22)27-20-37-41(3)21-27/h6-10,15,17,19-21H,11-14,16,18H2,1-5H3,(H,35,43). The Kier molecular flexibility index (Phi) is 8.25. The van der Waals surface area contributed by atoms with Crippen molar-refractivity contribution in [2.24, 2.45) is 14.1 Å². The van der Waals surface area contributed by atoms with Gasteiger partial charge in [0.05, 0.1) is 30.4 Å². The topological polar surface area (TPSA) is 103 Å². The van der Waals surface area contributed by atoms with E-state index in [9.17, 15) is 4.79 Å². The lowest BCUT2D eigenvalue weighted by molar-refractivity contribution is 0.0950. The zero-order valence-electron chi connectivity index (χ0n) is 26.0. The minimum atomic E-state index is -0.121. The van der Waals surface area contributed by atoms with Gasteiger partial charge in [0.1, 0.15) is 11.6 Å². The fourth-order valence-electron chi connectivity index (χ4n) is 5.77. The molecule has 0 bridgehead atoms. The average molecular weight is 591 g/mol. The highest BCUT2D eigenvalue weighted by atomic mass is 16.5. The summed E-state index contributed by atoms with van der Waals surface area (Å²) in [5.74, 6) is 1.22. The van der Waals surface area contributed by atoms with Crippen LogP contribution in [0, 0.1) is 0 Å². The number of hydrogen-bond acceptors (Lipinski definition) is 7. The molecule has 6 rings (SSSR count). The van der Waals surface area contributed by atoms with Gasteiger partial charge in [-0.15, -0.1) is 0 Å². The first-order valence-corrected chi connectivity index (χ1v) is 14.9. The summed E-state index contributed by atoms with van der Waals surface area (Å²) in [6.07, 6.45) is 8.82. The number of carbonyl (C=O) groups is 1. The predicted octanol–water partition coefficient (Wildman–Crippen LogP) is 3.86. The maximum absolute atomic E-state index is 12.7. The van der Waals surface area contributed by atoms with Gasteiger partial charge >= 0.3 is 0 Å². The van der Waals surface area contributed by atoms with Crippen LogP contribution in [0.1, 0.15) is 44.3 Å². The number of amides is 1. The van der Waals surface area contributed by atoms with Crippen LogP contribution in [0.25, 0.3) is 22.4 Å². The van der Waals surface area contributed by atoms with E-state index in [0.717, 1.165) is 70.7 Å². The van der Waals surface area contributed by atoms with E-state index in [1.54, 1.807) is 13.2 Å². The summed E-state index contributed by atoms with van der Waals surface area (Å²) in [5, 5.41) is 12.2. The van der Waals surface area contributed by atoms with Crippen molar-refractivity contribution < 1.29 is 9.53 Å². The van der Waals surface area contributed by atoms with Crippen molar-refractivity contribution in [3.8, 4) is 28.1 Å². The van der Waals surface area contributed by atoms with Crippen molar-refractivity contribution in [2.45, 2.75) is 25.7 Å². The van der Waals surface area contributed by atoms with Crippen molar-refractivity contribution in [1.82, 2.24) is 39.7 Å². The summed E-state index contributed by atoms with van der Waals surface area (Å²) >= 11 is 0. The van der Waals surface area contributed by atoms with E-state index in [1.165, 1.54) is 5.56 Å². The Labute approximate surface area is 257 Å². The number of aryl methyl sites for hydroxylation is 4. The highest BCUT2D eigenvalue weighted by Gasteiger charge is 2.26. The number of aromatic nitrogens is 6. The highest BCUT2D eigenvalue weighted by Crippen LogP contribution is 2.36. The SMILES string of the molecule is COc1cc(C(=O)NCCN(C)C)ccc1Cc1ncc2c(n1)-c1c(nn(C)c1Cc1cccc(-c3cnn(C)c3)c1)CC2. The summed E-state index contributed by atoms with van der Waals surface area (Å²) in [6.45, 7) is 1.35. The molecule has 0 spiro atoms. The Morgan fingerprint density at radius 3 is 2.68 bits per heavy atom. The maximum Gasteiger partial charge on any atom is 0.251 e. The Morgan fingerprint density at radius 2 is 1.91 bits per heavy atom. The molecule has 226 valence electrons. The average Bonchev–Trinajstić information content (AvgIpc) is 3.59. The molecule has 1 N–H and O–H groups in total. The minimum absolute atomic E-state index is 0.121. The van der Waals surface area contributed by atoms with Gasteiger partial charge in [-0.3, -0.25) is 14.2 Å². The van der Waals surface area contributed by atoms with E-state index in [1.807, 2.05) is 73.2 Å².